The average molecular weight is 471 g/mol. The molecule has 0 bridgehead atoms. The molecule has 0 saturated carbocycles. The van der Waals surface area contributed by atoms with Crippen LogP contribution in [0.2, 0.25) is 5.15 Å². The van der Waals surface area contributed by atoms with E-state index in [1.165, 1.54) is 16.0 Å². The number of halogens is 1. The maximum atomic E-state index is 5.93. The van der Waals surface area contributed by atoms with Crippen molar-refractivity contribution < 1.29 is 4.74 Å². The molecule has 4 aromatic rings. The van der Waals surface area contributed by atoms with E-state index in [-0.39, 0.29) is 0 Å². The van der Waals surface area contributed by atoms with Crippen molar-refractivity contribution in [2.24, 2.45) is 4.99 Å². The molecule has 164 valence electrons. The third kappa shape index (κ3) is 5.29. The number of aliphatic imine (C=N–C) groups is 1. The molecule has 3 nitrogen and oxygen atoms in total. The molecule has 1 unspecified atom stereocenters. The molecular weight excluding hydrogens is 448 g/mol. The normalized spacial score (nSPS) is 15.3. The number of thioether (sulfide) groups is 1. The first kappa shape index (κ1) is 21.7. The first-order valence-corrected chi connectivity index (χ1v) is 12.1. The van der Waals surface area contributed by atoms with Crippen LogP contribution >= 0.6 is 23.4 Å². The maximum Gasteiger partial charge on any atom is 0.129 e. The summed E-state index contributed by atoms with van der Waals surface area (Å²) in [5, 5.41) is 0.789. The number of nitrogens with zero attached hydrogens (tertiary/aromatic N) is 2. The number of fused-ring (bicyclic) bond motifs is 1. The van der Waals surface area contributed by atoms with Gasteiger partial charge in [-0.15, -0.1) is 11.8 Å². The van der Waals surface area contributed by atoms with Crippen molar-refractivity contribution in [3.8, 4) is 5.75 Å². The highest BCUT2D eigenvalue weighted by Crippen LogP contribution is 2.45. The van der Waals surface area contributed by atoms with Crippen molar-refractivity contribution in [1.29, 1.82) is 0 Å². The van der Waals surface area contributed by atoms with Gasteiger partial charge in [-0.05, 0) is 60.5 Å². The van der Waals surface area contributed by atoms with Crippen LogP contribution in [-0.2, 0) is 6.61 Å². The van der Waals surface area contributed by atoms with Crippen LogP contribution in [0.4, 0.5) is 5.69 Å². The monoisotopic (exact) mass is 470 g/mol. The Balaban J connectivity index is 1.38. The van der Waals surface area contributed by atoms with Crippen LogP contribution in [0.15, 0.2) is 101 Å². The molecule has 0 radical (unpaired) electrons. The third-order valence-electron chi connectivity index (χ3n) is 5.60. The molecule has 1 atom stereocenters. The minimum absolute atomic E-state index is 0.307. The molecule has 2 heterocycles. The van der Waals surface area contributed by atoms with Crippen molar-refractivity contribution in [2.75, 3.05) is 0 Å². The van der Waals surface area contributed by atoms with E-state index in [0.29, 0.717) is 17.0 Å². The SMILES string of the molecule is Cc1ccc(C2CC(c3ccc(OCc4ccc(Cl)nc4)cc3)=Nc3ccccc3S2)cc1. The zero-order chi connectivity index (χ0) is 22.6. The lowest BCUT2D eigenvalue weighted by Gasteiger charge is -2.16. The number of pyridine rings is 1. The van der Waals surface area contributed by atoms with E-state index in [1.54, 1.807) is 12.3 Å². The minimum atomic E-state index is 0.307. The van der Waals surface area contributed by atoms with E-state index in [0.717, 1.165) is 34.7 Å². The summed E-state index contributed by atoms with van der Waals surface area (Å²) in [7, 11) is 0. The number of ether oxygens (including phenoxy) is 1. The van der Waals surface area contributed by atoms with Gasteiger partial charge in [0.15, 0.2) is 0 Å². The highest BCUT2D eigenvalue weighted by atomic mass is 35.5. The van der Waals surface area contributed by atoms with Crippen molar-refractivity contribution in [1.82, 2.24) is 4.98 Å². The number of para-hydroxylation sites is 1. The van der Waals surface area contributed by atoms with Crippen LogP contribution < -0.4 is 4.74 Å². The smallest absolute Gasteiger partial charge is 0.129 e. The molecule has 0 N–H and O–H groups in total. The first-order valence-electron chi connectivity index (χ1n) is 10.9. The fourth-order valence-corrected chi connectivity index (χ4v) is 5.11. The number of benzene rings is 3. The van der Waals surface area contributed by atoms with Crippen molar-refractivity contribution >= 4 is 34.8 Å². The van der Waals surface area contributed by atoms with Gasteiger partial charge in [0.25, 0.3) is 0 Å². The van der Waals surface area contributed by atoms with Gasteiger partial charge in [-0.25, -0.2) is 4.98 Å². The van der Waals surface area contributed by atoms with E-state index in [1.807, 2.05) is 30.0 Å². The van der Waals surface area contributed by atoms with Gasteiger partial charge in [0, 0.05) is 34.0 Å². The van der Waals surface area contributed by atoms with E-state index in [4.69, 9.17) is 21.3 Å². The van der Waals surface area contributed by atoms with E-state index < -0.39 is 0 Å². The Kier molecular flexibility index (Phi) is 6.47. The van der Waals surface area contributed by atoms with Crippen LogP contribution in [0.25, 0.3) is 0 Å². The third-order valence-corrected chi connectivity index (χ3v) is 7.15. The summed E-state index contributed by atoms with van der Waals surface area (Å²) in [6.07, 6.45) is 2.59. The standard InChI is InChI=1S/C28H23ClN2OS/c1-19-6-9-22(10-7-19)27-16-25(31-24-4-2-3-5-26(24)33-27)21-11-13-23(14-12-21)32-18-20-8-15-28(29)30-17-20/h2-15,17,27H,16,18H2,1H3. The zero-order valence-electron chi connectivity index (χ0n) is 18.2. The van der Waals surface area contributed by atoms with Gasteiger partial charge in [-0.3, -0.25) is 4.99 Å². The summed E-state index contributed by atoms with van der Waals surface area (Å²) in [5.74, 6) is 0.813. The Hall–Kier alpha value is -3.08. The summed E-state index contributed by atoms with van der Waals surface area (Å²) in [5.41, 5.74) is 6.81. The van der Waals surface area contributed by atoms with E-state index in [9.17, 15) is 0 Å². The Morgan fingerprint density at radius 1 is 0.939 bits per heavy atom. The molecule has 1 aromatic heterocycles. The molecule has 0 aliphatic carbocycles. The molecule has 33 heavy (non-hydrogen) atoms. The highest BCUT2D eigenvalue weighted by Gasteiger charge is 2.22. The van der Waals surface area contributed by atoms with Gasteiger partial charge in [0.1, 0.15) is 17.5 Å². The van der Waals surface area contributed by atoms with Crippen LogP contribution in [0.1, 0.15) is 33.9 Å². The molecule has 0 spiro atoms. The second-order valence-corrected chi connectivity index (χ2v) is 9.68. The highest BCUT2D eigenvalue weighted by molar-refractivity contribution is 7.99. The van der Waals surface area contributed by atoms with Crippen LogP contribution in [-0.4, -0.2) is 10.7 Å². The van der Waals surface area contributed by atoms with Crippen molar-refractivity contribution in [2.45, 2.75) is 30.1 Å². The van der Waals surface area contributed by atoms with E-state index in [2.05, 4.69) is 72.6 Å². The number of aromatic nitrogens is 1. The number of rotatable bonds is 5. The second kappa shape index (κ2) is 9.82. The lowest BCUT2D eigenvalue weighted by molar-refractivity contribution is 0.306. The van der Waals surface area contributed by atoms with Gasteiger partial charge >= 0.3 is 0 Å². The lowest BCUT2D eigenvalue weighted by atomic mass is 10.0. The first-order chi connectivity index (χ1) is 16.1. The fraction of sp³-hybridized carbons (Fsp3) is 0.143. The summed E-state index contributed by atoms with van der Waals surface area (Å²) < 4.78 is 5.93. The van der Waals surface area contributed by atoms with E-state index >= 15 is 0 Å². The topological polar surface area (TPSA) is 34.5 Å². The van der Waals surface area contributed by atoms with Gasteiger partial charge in [0.2, 0.25) is 0 Å². The second-order valence-electron chi connectivity index (χ2n) is 8.05. The van der Waals surface area contributed by atoms with Crippen molar-refractivity contribution in [3.05, 3.63) is 119 Å². The molecule has 3 aromatic carbocycles. The Morgan fingerprint density at radius 3 is 2.48 bits per heavy atom. The van der Waals surface area contributed by atoms with Gasteiger partial charge in [-0.2, -0.15) is 0 Å². The summed E-state index contributed by atoms with van der Waals surface area (Å²) in [6.45, 7) is 2.57. The number of aryl methyl sites for hydroxylation is 1. The minimum Gasteiger partial charge on any atom is -0.489 e. The summed E-state index contributed by atoms with van der Waals surface area (Å²) in [6, 6.07) is 29.1. The Bertz CT molecular complexity index is 1270. The quantitative estimate of drug-likeness (QED) is 0.277. The van der Waals surface area contributed by atoms with Gasteiger partial charge in [0.05, 0.1) is 5.69 Å². The predicted molar refractivity (Wildman–Crippen MR) is 137 cm³/mol. The maximum absolute atomic E-state index is 5.93. The van der Waals surface area contributed by atoms with Crippen LogP contribution in [0, 0.1) is 6.92 Å². The average Bonchev–Trinajstić information content (AvgIpc) is 3.04. The molecule has 1 aliphatic heterocycles. The molecule has 1 aliphatic rings. The lowest BCUT2D eigenvalue weighted by Crippen LogP contribution is -2.05. The Labute approximate surface area is 203 Å². The molecule has 5 rings (SSSR count). The Morgan fingerprint density at radius 2 is 1.73 bits per heavy atom. The zero-order valence-corrected chi connectivity index (χ0v) is 19.8. The molecule has 0 fully saturated rings. The number of hydrogen-bond donors (Lipinski definition) is 0. The largest absolute Gasteiger partial charge is 0.489 e. The number of hydrogen-bond acceptors (Lipinski definition) is 4. The van der Waals surface area contributed by atoms with Crippen LogP contribution in [0.5, 0.6) is 5.75 Å². The van der Waals surface area contributed by atoms with Gasteiger partial charge < -0.3 is 4.74 Å². The summed E-state index contributed by atoms with van der Waals surface area (Å²) >= 11 is 7.75. The molecular formula is C28H23ClN2OS. The van der Waals surface area contributed by atoms with Crippen LogP contribution in [0.3, 0.4) is 0 Å². The van der Waals surface area contributed by atoms with Gasteiger partial charge in [-0.1, -0.05) is 59.6 Å². The molecule has 0 amide bonds. The predicted octanol–water partition coefficient (Wildman–Crippen LogP) is 7.98. The molecule has 0 saturated heterocycles. The molecule has 5 heteroatoms. The van der Waals surface area contributed by atoms with Crippen molar-refractivity contribution in [3.63, 3.8) is 0 Å². The fourth-order valence-electron chi connectivity index (χ4n) is 3.76. The summed E-state index contributed by atoms with van der Waals surface area (Å²) in [4.78, 5) is 10.4.